The number of nitrogens with two attached hydrogens (primary N) is 1. The number of hydrogen-bond donors (Lipinski definition) is 1. The number of aryl methyl sites for hydroxylation is 2. The molecule has 106 valence electrons. The summed E-state index contributed by atoms with van der Waals surface area (Å²) in [5.74, 6) is 2.23. The summed E-state index contributed by atoms with van der Waals surface area (Å²) < 4.78 is 0. The number of benzene rings is 1. The lowest BCUT2D eigenvalue weighted by Gasteiger charge is -2.11. The number of anilines is 2. The molecule has 0 aliphatic carbocycles. The quantitative estimate of drug-likeness (QED) is 0.872. The first-order valence-corrected chi connectivity index (χ1v) is 7.32. The van der Waals surface area contributed by atoms with Gasteiger partial charge in [0, 0.05) is 19.0 Å². The highest BCUT2D eigenvalue weighted by atomic mass is 32.2. The van der Waals surface area contributed by atoms with E-state index < -0.39 is 0 Å². The van der Waals surface area contributed by atoms with Crippen molar-refractivity contribution < 1.29 is 0 Å². The molecule has 2 rings (SSSR count). The second kappa shape index (κ2) is 6.09. The normalized spacial score (nSPS) is 10.6. The van der Waals surface area contributed by atoms with Gasteiger partial charge in [0.05, 0.1) is 5.75 Å². The van der Waals surface area contributed by atoms with Gasteiger partial charge in [-0.25, -0.2) is 0 Å². The third kappa shape index (κ3) is 3.60. The van der Waals surface area contributed by atoms with Gasteiger partial charge in [0.2, 0.25) is 11.9 Å². The van der Waals surface area contributed by atoms with Crippen molar-refractivity contribution in [1.82, 2.24) is 15.0 Å². The van der Waals surface area contributed by atoms with Gasteiger partial charge in [0.1, 0.15) is 5.82 Å². The number of aromatic nitrogens is 3. The standard InChI is InChI=1S/C14H19N5S/c1-9-5-6-11(10(2)7-9)20-8-12-16-13(15)18-14(17-12)19(3)4/h5-7H,8H2,1-4H3,(H2,15,16,17,18). The predicted octanol–water partition coefficient (Wildman–Crippen LogP) is 2.43. The number of thioether (sulfide) groups is 1. The topological polar surface area (TPSA) is 67.9 Å². The van der Waals surface area contributed by atoms with Crippen LogP contribution in [0.2, 0.25) is 0 Å². The molecule has 5 nitrogen and oxygen atoms in total. The second-order valence-electron chi connectivity index (χ2n) is 4.86. The fraction of sp³-hybridized carbons (Fsp3) is 0.357. The molecule has 0 amide bonds. The summed E-state index contributed by atoms with van der Waals surface area (Å²) in [6.07, 6.45) is 0. The van der Waals surface area contributed by atoms with E-state index in [1.807, 2.05) is 19.0 Å². The molecule has 1 aromatic heterocycles. The van der Waals surface area contributed by atoms with Crippen LogP contribution in [0, 0.1) is 13.8 Å². The molecule has 2 aromatic rings. The third-order valence-corrected chi connectivity index (χ3v) is 3.95. The zero-order chi connectivity index (χ0) is 14.7. The van der Waals surface area contributed by atoms with Gasteiger partial charge in [-0.1, -0.05) is 17.7 Å². The summed E-state index contributed by atoms with van der Waals surface area (Å²) in [5.41, 5.74) is 8.26. The minimum atomic E-state index is 0.264. The van der Waals surface area contributed by atoms with Gasteiger partial charge >= 0.3 is 0 Å². The van der Waals surface area contributed by atoms with Crippen LogP contribution in [0.4, 0.5) is 11.9 Å². The van der Waals surface area contributed by atoms with Crippen molar-refractivity contribution in [3.63, 3.8) is 0 Å². The van der Waals surface area contributed by atoms with Gasteiger partial charge < -0.3 is 10.6 Å². The highest BCUT2D eigenvalue weighted by Gasteiger charge is 2.07. The SMILES string of the molecule is Cc1ccc(SCc2nc(N)nc(N(C)C)n2)c(C)c1. The Balaban J connectivity index is 2.14. The van der Waals surface area contributed by atoms with Crippen LogP contribution in [-0.2, 0) is 5.75 Å². The maximum Gasteiger partial charge on any atom is 0.229 e. The zero-order valence-corrected chi connectivity index (χ0v) is 13.0. The Kier molecular flexibility index (Phi) is 4.44. The molecule has 20 heavy (non-hydrogen) atoms. The molecule has 1 heterocycles. The first-order chi connectivity index (χ1) is 9.45. The van der Waals surface area contributed by atoms with Gasteiger partial charge in [-0.15, -0.1) is 11.8 Å². The van der Waals surface area contributed by atoms with E-state index >= 15 is 0 Å². The Labute approximate surface area is 123 Å². The monoisotopic (exact) mass is 289 g/mol. The summed E-state index contributed by atoms with van der Waals surface area (Å²) >= 11 is 1.71. The molecule has 0 saturated heterocycles. The van der Waals surface area contributed by atoms with E-state index in [4.69, 9.17) is 5.73 Å². The van der Waals surface area contributed by atoms with Crippen LogP contribution in [0.5, 0.6) is 0 Å². The van der Waals surface area contributed by atoms with E-state index in [2.05, 4.69) is 47.0 Å². The van der Waals surface area contributed by atoms with Crippen LogP contribution in [-0.4, -0.2) is 29.0 Å². The van der Waals surface area contributed by atoms with Crippen LogP contribution in [0.3, 0.4) is 0 Å². The van der Waals surface area contributed by atoms with Gasteiger partial charge in [0.15, 0.2) is 0 Å². The average molecular weight is 289 g/mol. The van der Waals surface area contributed by atoms with Crippen molar-refractivity contribution in [3.05, 3.63) is 35.2 Å². The average Bonchev–Trinajstić information content (AvgIpc) is 2.37. The maximum absolute atomic E-state index is 5.72. The first-order valence-electron chi connectivity index (χ1n) is 6.33. The van der Waals surface area contributed by atoms with Gasteiger partial charge in [0.25, 0.3) is 0 Å². The van der Waals surface area contributed by atoms with Crippen molar-refractivity contribution in [2.75, 3.05) is 24.7 Å². The van der Waals surface area contributed by atoms with Crippen molar-refractivity contribution in [2.24, 2.45) is 0 Å². The predicted molar refractivity (Wildman–Crippen MR) is 84.0 cm³/mol. The minimum Gasteiger partial charge on any atom is -0.368 e. The van der Waals surface area contributed by atoms with Gasteiger partial charge in [-0.3, -0.25) is 0 Å². The van der Waals surface area contributed by atoms with Gasteiger partial charge in [-0.2, -0.15) is 15.0 Å². The summed E-state index contributed by atoms with van der Waals surface area (Å²) in [6.45, 7) is 4.21. The van der Waals surface area contributed by atoms with Gasteiger partial charge in [-0.05, 0) is 25.5 Å². The van der Waals surface area contributed by atoms with E-state index in [9.17, 15) is 0 Å². The Morgan fingerprint density at radius 1 is 1.15 bits per heavy atom. The van der Waals surface area contributed by atoms with Crippen molar-refractivity contribution in [1.29, 1.82) is 0 Å². The molecule has 6 heteroatoms. The Hall–Kier alpha value is -1.82. The molecule has 0 radical (unpaired) electrons. The van der Waals surface area contributed by atoms with Crippen LogP contribution < -0.4 is 10.6 Å². The Morgan fingerprint density at radius 3 is 2.55 bits per heavy atom. The molecular weight excluding hydrogens is 270 g/mol. The second-order valence-corrected chi connectivity index (χ2v) is 5.88. The lowest BCUT2D eigenvalue weighted by atomic mass is 10.2. The van der Waals surface area contributed by atoms with E-state index in [-0.39, 0.29) is 5.95 Å². The van der Waals surface area contributed by atoms with E-state index in [0.29, 0.717) is 17.5 Å². The zero-order valence-electron chi connectivity index (χ0n) is 12.2. The van der Waals surface area contributed by atoms with E-state index in [1.165, 1.54) is 16.0 Å². The molecule has 0 atom stereocenters. The van der Waals surface area contributed by atoms with Crippen LogP contribution in [0.15, 0.2) is 23.1 Å². The highest BCUT2D eigenvalue weighted by molar-refractivity contribution is 7.98. The van der Waals surface area contributed by atoms with Crippen molar-refractivity contribution >= 4 is 23.7 Å². The largest absolute Gasteiger partial charge is 0.368 e. The number of nitrogen functional groups attached to an aromatic ring is 1. The van der Waals surface area contributed by atoms with E-state index in [1.54, 1.807) is 11.8 Å². The fourth-order valence-electron chi connectivity index (χ4n) is 1.79. The van der Waals surface area contributed by atoms with Crippen molar-refractivity contribution in [3.8, 4) is 0 Å². The Bertz CT molecular complexity index is 613. The molecule has 0 spiro atoms. The summed E-state index contributed by atoms with van der Waals surface area (Å²) in [4.78, 5) is 15.7. The smallest absolute Gasteiger partial charge is 0.229 e. The minimum absolute atomic E-state index is 0.264. The maximum atomic E-state index is 5.72. The molecule has 0 bridgehead atoms. The molecule has 0 saturated carbocycles. The lowest BCUT2D eigenvalue weighted by molar-refractivity contribution is 0.919. The molecule has 1 aromatic carbocycles. The Morgan fingerprint density at radius 2 is 1.90 bits per heavy atom. The van der Waals surface area contributed by atoms with Crippen molar-refractivity contribution in [2.45, 2.75) is 24.5 Å². The summed E-state index contributed by atoms with van der Waals surface area (Å²) in [6, 6.07) is 6.42. The van der Waals surface area contributed by atoms with Crippen LogP contribution >= 0.6 is 11.8 Å². The lowest BCUT2D eigenvalue weighted by Crippen LogP contribution is -2.15. The number of hydrogen-bond acceptors (Lipinski definition) is 6. The first kappa shape index (κ1) is 14.6. The number of nitrogens with zero attached hydrogens (tertiary/aromatic N) is 4. The highest BCUT2D eigenvalue weighted by Crippen LogP contribution is 2.26. The van der Waals surface area contributed by atoms with Crippen LogP contribution in [0.25, 0.3) is 0 Å². The fourth-order valence-corrected chi connectivity index (χ4v) is 2.66. The van der Waals surface area contributed by atoms with Crippen LogP contribution in [0.1, 0.15) is 17.0 Å². The molecule has 0 fully saturated rings. The van der Waals surface area contributed by atoms with E-state index in [0.717, 1.165) is 0 Å². The number of rotatable bonds is 4. The molecular formula is C14H19N5S. The third-order valence-electron chi connectivity index (χ3n) is 2.77. The molecule has 0 unspecified atom stereocenters. The summed E-state index contributed by atoms with van der Waals surface area (Å²) in [5, 5.41) is 0. The molecule has 0 aliphatic rings. The molecule has 0 aliphatic heterocycles. The molecule has 2 N–H and O–H groups in total. The summed E-state index contributed by atoms with van der Waals surface area (Å²) in [7, 11) is 3.77.